The van der Waals surface area contributed by atoms with Crippen molar-refractivity contribution in [2.45, 2.75) is 18.8 Å². The Balaban J connectivity index is 2.14. The fraction of sp³-hybridized carbons (Fsp3) is 0.556. The maximum absolute atomic E-state index is 11.2. The van der Waals surface area contributed by atoms with Crippen LogP contribution in [0.2, 0.25) is 0 Å². The molecule has 0 radical (unpaired) electrons. The van der Waals surface area contributed by atoms with Crippen LogP contribution in [-0.2, 0) is 9.84 Å². The zero-order valence-corrected chi connectivity index (χ0v) is 9.07. The highest BCUT2D eigenvalue weighted by molar-refractivity contribution is 7.91. The molecule has 2 N–H and O–H groups in total. The first-order valence-corrected chi connectivity index (χ1v) is 6.67. The van der Waals surface area contributed by atoms with E-state index in [-0.39, 0.29) is 17.4 Å². The van der Waals surface area contributed by atoms with Gasteiger partial charge in [-0.15, -0.1) is 0 Å². The summed E-state index contributed by atoms with van der Waals surface area (Å²) in [5.74, 6) is 0.673. The first-order chi connectivity index (χ1) is 7.07. The summed E-state index contributed by atoms with van der Waals surface area (Å²) in [6, 6.07) is 1.77. The average Bonchev–Trinajstić information content (AvgIpc) is 2.17. The highest BCUT2D eigenvalue weighted by atomic mass is 32.2. The van der Waals surface area contributed by atoms with Crippen molar-refractivity contribution < 1.29 is 8.42 Å². The van der Waals surface area contributed by atoms with Gasteiger partial charge in [0, 0.05) is 5.92 Å². The summed E-state index contributed by atoms with van der Waals surface area (Å²) in [5, 5.41) is 7.76. The van der Waals surface area contributed by atoms with E-state index in [0.29, 0.717) is 18.5 Å². The molecule has 1 aliphatic rings. The molecule has 82 valence electrons. The van der Waals surface area contributed by atoms with Crippen molar-refractivity contribution in [3.8, 4) is 0 Å². The smallest absolute Gasteiger partial charge is 0.150 e. The number of aromatic nitrogens is 2. The summed E-state index contributed by atoms with van der Waals surface area (Å²) in [7, 11) is -2.81. The molecular formula is C9H13N3O2S. The standard InChI is InChI=1S/C9H13N3O2S/c10-8-5-9(12-11-6-8)7-1-3-15(13,14)4-2-7/h5-7H,1-4H2,(H2,10,12). The maximum Gasteiger partial charge on any atom is 0.150 e. The molecule has 6 heteroatoms. The van der Waals surface area contributed by atoms with Crippen molar-refractivity contribution in [3.05, 3.63) is 18.0 Å². The van der Waals surface area contributed by atoms with Gasteiger partial charge in [0.15, 0.2) is 0 Å². The topological polar surface area (TPSA) is 85.9 Å². The van der Waals surface area contributed by atoms with Crippen molar-refractivity contribution in [2.24, 2.45) is 0 Å². The largest absolute Gasteiger partial charge is 0.397 e. The molecule has 2 rings (SSSR count). The number of anilines is 1. The summed E-state index contributed by atoms with van der Waals surface area (Å²) in [4.78, 5) is 0. The Morgan fingerprint density at radius 2 is 2.00 bits per heavy atom. The van der Waals surface area contributed by atoms with E-state index in [2.05, 4.69) is 10.2 Å². The normalized spacial score (nSPS) is 21.3. The molecular weight excluding hydrogens is 214 g/mol. The summed E-state index contributed by atoms with van der Waals surface area (Å²) in [5.41, 5.74) is 6.99. The van der Waals surface area contributed by atoms with Gasteiger partial charge in [0.05, 0.1) is 29.1 Å². The molecule has 1 aromatic rings. The molecule has 15 heavy (non-hydrogen) atoms. The lowest BCUT2D eigenvalue weighted by Gasteiger charge is -2.20. The van der Waals surface area contributed by atoms with Crippen LogP contribution in [0.4, 0.5) is 5.69 Å². The summed E-state index contributed by atoms with van der Waals surface area (Å²) < 4.78 is 22.5. The van der Waals surface area contributed by atoms with Gasteiger partial charge in [0.2, 0.25) is 0 Å². The van der Waals surface area contributed by atoms with Crippen LogP contribution in [0.5, 0.6) is 0 Å². The molecule has 0 bridgehead atoms. The summed E-state index contributed by atoms with van der Waals surface area (Å²) >= 11 is 0. The van der Waals surface area contributed by atoms with E-state index in [9.17, 15) is 8.42 Å². The van der Waals surface area contributed by atoms with Gasteiger partial charge in [-0.05, 0) is 18.9 Å². The van der Waals surface area contributed by atoms with Crippen molar-refractivity contribution in [2.75, 3.05) is 17.2 Å². The van der Waals surface area contributed by atoms with Gasteiger partial charge >= 0.3 is 0 Å². The van der Waals surface area contributed by atoms with Crippen LogP contribution < -0.4 is 5.73 Å². The van der Waals surface area contributed by atoms with Crippen LogP contribution in [0.25, 0.3) is 0 Å². The number of hydrogen-bond acceptors (Lipinski definition) is 5. The summed E-state index contributed by atoms with van der Waals surface area (Å²) in [6.45, 7) is 0. The van der Waals surface area contributed by atoms with Crippen LogP contribution in [0.15, 0.2) is 12.3 Å². The lowest BCUT2D eigenvalue weighted by atomic mass is 9.98. The third-order valence-corrected chi connectivity index (χ3v) is 4.38. The highest BCUT2D eigenvalue weighted by Crippen LogP contribution is 2.27. The predicted octanol–water partition coefficient (Wildman–Crippen LogP) is 0.351. The fourth-order valence-electron chi connectivity index (χ4n) is 1.78. The van der Waals surface area contributed by atoms with E-state index in [4.69, 9.17) is 5.73 Å². The molecule has 0 spiro atoms. The van der Waals surface area contributed by atoms with Gasteiger partial charge in [-0.25, -0.2) is 8.42 Å². The molecule has 0 aliphatic carbocycles. The maximum atomic E-state index is 11.2. The lowest BCUT2D eigenvalue weighted by Crippen LogP contribution is -2.22. The molecule has 1 aromatic heterocycles. The molecule has 1 fully saturated rings. The van der Waals surface area contributed by atoms with Gasteiger partial charge in [0.1, 0.15) is 9.84 Å². The first-order valence-electron chi connectivity index (χ1n) is 4.85. The van der Waals surface area contributed by atoms with Crippen LogP contribution in [0.3, 0.4) is 0 Å². The number of nitrogens with two attached hydrogens (primary N) is 1. The van der Waals surface area contributed by atoms with Gasteiger partial charge in [-0.3, -0.25) is 0 Å². The molecule has 2 heterocycles. The molecule has 1 aliphatic heterocycles. The number of sulfone groups is 1. The van der Waals surface area contributed by atoms with E-state index >= 15 is 0 Å². The van der Waals surface area contributed by atoms with Gasteiger partial charge in [0.25, 0.3) is 0 Å². The van der Waals surface area contributed by atoms with Crippen LogP contribution in [-0.4, -0.2) is 30.1 Å². The second-order valence-electron chi connectivity index (χ2n) is 3.84. The Kier molecular flexibility index (Phi) is 2.60. The Morgan fingerprint density at radius 1 is 1.33 bits per heavy atom. The second-order valence-corrected chi connectivity index (χ2v) is 6.14. The monoisotopic (exact) mass is 227 g/mol. The number of hydrogen-bond donors (Lipinski definition) is 1. The van der Waals surface area contributed by atoms with Crippen LogP contribution in [0.1, 0.15) is 24.5 Å². The Morgan fingerprint density at radius 3 is 2.60 bits per heavy atom. The molecule has 1 saturated heterocycles. The average molecular weight is 227 g/mol. The first kappa shape index (κ1) is 10.4. The van der Waals surface area contributed by atoms with Crippen molar-refractivity contribution in [1.82, 2.24) is 10.2 Å². The van der Waals surface area contributed by atoms with E-state index in [1.54, 1.807) is 6.07 Å². The fourth-order valence-corrected chi connectivity index (χ4v) is 3.28. The zero-order valence-electron chi connectivity index (χ0n) is 8.26. The minimum absolute atomic E-state index is 0.185. The van der Waals surface area contributed by atoms with Crippen molar-refractivity contribution in [3.63, 3.8) is 0 Å². The summed E-state index contributed by atoms with van der Waals surface area (Å²) in [6.07, 6.45) is 2.74. The van der Waals surface area contributed by atoms with E-state index in [0.717, 1.165) is 5.69 Å². The van der Waals surface area contributed by atoms with E-state index in [1.165, 1.54) is 6.20 Å². The SMILES string of the molecule is Nc1cnnc(C2CCS(=O)(=O)CC2)c1. The highest BCUT2D eigenvalue weighted by Gasteiger charge is 2.25. The molecule has 0 atom stereocenters. The lowest BCUT2D eigenvalue weighted by molar-refractivity contribution is 0.541. The Hall–Kier alpha value is -1.17. The molecule has 5 nitrogen and oxygen atoms in total. The van der Waals surface area contributed by atoms with Gasteiger partial charge in [-0.2, -0.15) is 10.2 Å². The molecule has 0 saturated carbocycles. The van der Waals surface area contributed by atoms with Gasteiger partial charge < -0.3 is 5.73 Å². The van der Waals surface area contributed by atoms with Crippen LogP contribution in [0, 0.1) is 0 Å². The Labute approximate surface area is 88.6 Å². The Bertz CT molecular complexity index is 444. The second kappa shape index (κ2) is 3.77. The molecule has 0 aromatic carbocycles. The molecule has 0 amide bonds. The number of nitrogen functional groups attached to an aromatic ring is 1. The van der Waals surface area contributed by atoms with Crippen molar-refractivity contribution >= 4 is 15.5 Å². The van der Waals surface area contributed by atoms with Crippen LogP contribution >= 0.6 is 0 Å². The van der Waals surface area contributed by atoms with E-state index < -0.39 is 9.84 Å². The van der Waals surface area contributed by atoms with Gasteiger partial charge in [-0.1, -0.05) is 0 Å². The molecule has 0 unspecified atom stereocenters. The minimum Gasteiger partial charge on any atom is -0.397 e. The van der Waals surface area contributed by atoms with E-state index in [1.807, 2.05) is 0 Å². The van der Waals surface area contributed by atoms with Crippen molar-refractivity contribution in [1.29, 1.82) is 0 Å². The minimum atomic E-state index is -2.81. The number of nitrogens with zero attached hydrogens (tertiary/aromatic N) is 2. The third kappa shape index (κ3) is 2.44. The third-order valence-electron chi connectivity index (χ3n) is 2.67. The quantitative estimate of drug-likeness (QED) is 0.748. The number of rotatable bonds is 1. The predicted molar refractivity (Wildman–Crippen MR) is 57.1 cm³/mol. The zero-order chi connectivity index (χ0) is 10.9.